The van der Waals surface area contributed by atoms with Gasteiger partial charge in [0.15, 0.2) is 0 Å². The third kappa shape index (κ3) is 2.85. The third-order valence-electron chi connectivity index (χ3n) is 3.07. The number of aryl methyl sites for hydroxylation is 1. The minimum Gasteiger partial charge on any atom is -0.465 e. The van der Waals surface area contributed by atoms with Crippen LogP contribution in [0.3, 0.4) is 0 Å². The van der Waals surface area contributed by atoms with Gasteiger partial charge in [0.2, 0.25) is 0 Å². The maximum atomic E-state index is 5.50. The van der Waals surface area contributed by atoms with Crippen LogP contribution in [0, 0.1) is 6.92 Å². The molecule has 1 N–H and O–H groups in total. The number of hydrogen-bond acceptors (Lipinski definition) is 3. The zero-order chi connectivity index (χ0) is 13.1. The summed E-state index contributed by atoms with van der Waals surface area (Å²) in [5, 5.41) is 3.36. The Morgan fingerprint density at radius 3 is 3.00 bits per heavy atom. The molecule has 0 atom stereocenters. The average Bonchev–Trinajstić information content (AvgIpc) is 3.00. The molecule has 0 aromatic carbocycles. The molecular formula is C15H17N3O. The van der Waals surface area contributed by atoms with Crippen molar-refractivity contribution in [3.8, 4) is 0 Å². The quantitative estimate of drug-likeness (QED) is 0.712. The van der Waals surface area contributed by atoms with Gasteiger partial charge in [-0.3, -0.25) is 0 Å². The molecule has 0 aliphatic heterocycles. The number of fused-ring (bicyclic) bond motifs is 1. The van der Waals surface area contributed by atoms with E-state index >= 15 is 0 Å². The van der Waals surface area contributed by atoms with Crippen LogP contribution in [0.2, 0.25) is 0 Å². The standard InChI is InChI=1S/C15H17N3O/c1-12-5-6-14(19-12)10-16-8-7-13-11-18-9-3-2-4-15(18)17-13/h2-6,9,11,16H,7-8,10H2,1H3. The highest BCUT2D eigenvalue weighted by molar-refractivity contribution is 5.39. The topological polar surface area (TPSA) is 42.5 Å². The van der Waals surface area contributed by atoms with Gasteiger partial charge in [-0.05, 0) is 31.2 Å². The summed E-state index contributed by atoms with van der Waals surface area (Å²) in [5.74, 6) is 1.93. The lowest BCUT2D eigenvalue weighted by molar-refractivity contribution is 0.462. The Bertz CT molecular complexity index is 636. The second-order valence-corrected chi connectivity index (χ2v) is 4.64. The van der Waals surface area contributed by atoms with Crippen LogP contribution >= 0.6 is 0 Å². The minimum atomic E-state index is 0.765. The SMILES string of the molecule is Cc1ccc(CNCCc2cn3ccccc3n2)o1. The molecule has 0 aliphatic rings. The minimum absolute atomic E-state index is 0.765. The summed E-state index contributed by atoms with van der Waals surface area (Å²) in [6.07, 6.45) is 5.01. The molecular weight excluding hydrogens is 238 g/mol. The van der Waals surface area contributed by atoms with Crippen molar-refractivity contribution >= 4 is 5.65 Å². The van der Waals surface area contributed by atoms with E-state index in [1.807, 2.05) is 47.9 Å². The Morgan fingerprint density at radius 1 is 1.26 bits per heavy atom. The molecule has 0 saturated carbocycles. The second kappa shape index (κ2) is 5.28. The number of pyridine rings is 1. The lowest BCUT2D eigenvalue weighted by Crippen LogP contribution is -2.16. The van der Waals surface area contributed by atoms with Crippen LogP contribution < -0.4 is 5.32 Å². The molecule has 0 saturated heterocycles. The Hall–Kier alpha value is -2.07. The first-order valence-electron chi connectivity index (χ1n) is 6.50. The van der Waals surface area contributed by atoms with Crippen LogP contribution in [-0.4, -0.2) is 15.9 Å². The molecule has 0 aliphatic carbocycles. The molecule has 3 rings (SSSR count). The summed E-state index contributed by atoms with van der Waals surface area (Å²) in [7, 11) is 0. The number of aromatic nitrogens is 2. The van der Waals surface area contributed by atoms with Gasteiger partial charge in [0.25, 0.3) is 0 Å². The van der Waals surface area contributed by atoms with Crippen molar-refractivity contribution in [1.82, 2.24) is 14.7 Å². The van der Waals surface area contributed by atoms with Gasteiger partial charge >= 0.3 is 0 Å². The Morgan fingerprint density at radius 2 is 2.21 bits per heavy atom. The van der Waals surface area contributed by atoms with Gasteiger partial charge in [-0.15, -0.1) is 0 Å². The molecule has 0 unspecified atom stereocenters. The summed E-state index contributed by atoms with van der Waals surface area (Å²) in [6, 6.07) is 10.0. The summed E-state index contributed by atoms with van der Waals surface area (Å²) in [5.41, 5.74) is 2.11. The molecule has 0 radical (unpaired) electrons. The average molecular weight is 255 g/mol. The first-order valence-corrected chi connectivity index (χ1v) is 6.50. The summed E-state index contributed by atoms with van der Waals surface area (Å²) in [4.78, 5) is 4.56. The van der Waals surface area contributed by atoms with E-state index < -0.39 is 0 Å². The Kier molecular flexibility index (Phi) is 3.33. The summed E-state index contributed by atoms with van der Waals surface area (Å²) in [6.45, 7) is 3.62. The van der Waals surface area contributed by atoms with E-state index in [0.717, 1.165) is 42.4 Å². The number of nitrogens with zero attached hydrogens (tertiary/aromatic N) is 2. The van der Waals surface area contributed by atoms with E-state index in [4.69, 9.17) is 4.42 Å². The number of hydrogen-bond donors (Lipinski definition) is 1. The second-order valence-electron chi connectivity index (χ2n) is 4.64. The molecule has 0 fully saturated rings. The van der Waals surface area contributed by atoms with Crippen LogP contribution in [0.1, 0.15) is 17.2 Å². The van der Waals surface area contributed by atoms with Crippen molar-refractivity contribution in [2.75, 3.05) is 6.54 Å². The van der Waals surface area contributed by atoms with Gasteiger partial charge in [-0.2, -0.15) is 0 Å². The lowest BCUT2D eigenvalue weighted by atomic mass is 10.3. The molecule has 0 bridgehead atoms. The van der Waals surface area contributed by atoms with E-state index in [1.165, 1.54) is 0 Å². The Labute approximate surface area is 112 Å². The summed E-state index contributed by atoms with van der Waals surface area (Å²) >= 11 is 0. The molecule has 19 heavy (non-hydrogen) atoms. The number of rotatable bonds is 5. The van der Waals surface area contributed by atoms with E-state index in [9.17, 15) is 0 Å². The first-order chi connectivity index (χ1) is 9.31. The molecule has 0 amide bonds. The highest BCUT2D eigenvalue weighted by Crippen LogP contribution is 2.06. The summed E-state index contributed by atoms with van der Waals surface area (Å²) < 4.78 is 7.55. The van der Waals surface area contributed by atoms with E-state index in [-0.39, 0.29) is 0 Å². The Balaban J connectivity index is 1.52. The molecule has 98 valence electrons. The molecule has 3 aromatic heterocycles. The smallest absolute Gasteiger partial charge is 0.136 e. The van der Waals surface area contributed by atoms with Crippen molar-refractivity contribution in [2.24, 2.45) is 0 Å². The van der Waals surface area contributed by atoms with E-state index in [0.29, 0.717) is 0 Å². The maximum Gasteiger partial charge on any atom is 0.136 e. The van der Waals surface area contributed by atoms with Gasteiger partial charge in [0.1, 0.15) is 17.2 Å². The van der Waals surface area contributed by atoms with Crippen LogP contribution in [0.15, 0.2) is 47.1 Å². The van der Waals surface area contributed by atoms with Crippen molar-refractivity contribution < 1.29 is 4.42 Å². The van der Waals surface area contributed by atoms with Crippen LogP contribution in [-0.2, 0) is 13.0 Å². The predicted octanol–water partition coefficient (Wildman–Crippen LogP) is 2.57. The van der Waals surface area contributed by atoms with Crippen molar-refractivity contribution in [1.29, 1.82) is 0 Å². The van der Waals surface area contributed by atoms with Crippen LogP contribution in [0.5, 0.6) is 0 Å². The number of imidazole rings is 1. The normalized spacial score (nSPS) is 11.2. The predicted molar refractivity (Wildman–Crippen MR) is 74.0 cm³/mol. The number of furan rings is 1. The van der Waals surface area contributed by atoms with Crippen LogP contribution in [0.4, 0.5) is 0 Å². The van der Waals surface area contributed by atoms with Gasteiger partial charge < -0.3 is 14.1 Å². The van der Waals surface area contributed by atoms with Gasteiger partial charge in [0.05, 0.1) is 12.2 Å². The van der Waals surface area contributed by atoms with Gasteiger partial charge in [-0.25, -0.2) is 4.98 Å². The van der Waals surface area contributed by atoms with Crippen LogP contribution in [0.25, 0.3) is 5.65 Å². The highest BCUT2D eigenvalue weighted by Gasteiger charge is 2.01. The third-order valence-corrected chi connectivity index (χ3v) is 3.07. The van der Waals surface area contributed by atoms with Crippen molar-refractivity contribution in [3.63, 3.8) is 0 Å². The molecule has 3 aromatic rings. The maximum absolute atomic E-state index is 5.50. The fourth-order valence-electron chi connectivity index (χ4n) is 2.12. The highest BCUT2D eigenvalue weighted by atomic mass is 16.3. The van der Waals surface area contributed by atoms with Crippen molar-refractivity contribution in [3.05, 3.63) is 59.9 Å². The fraction of sp³-hybridized carbons (Fsp3) is 0.267. The molecule has 3 heterocycles. The lowest BCUT2D eigenvalue weighted by Gasteiger charge is -2.00. The molecule has 4 nitrogen and oxygen atoms in total. The molecule has 0 spiro atoms. The van der Waals surface area contributed by atoms with Crippen molar-refractivity contribution in [2.45, 2.75) is 19.9 Å². The van der Waals surface area contributed by atoms with E-state index in [2.05, 4.69) is 16.5 Å². The van der Waals surface area contributed by atoms with Gasteiger partial charge in [0, 0.05) is 25.4 Å². The number of nitrogens with one attached hydrogen (secondary N) is 1. The fourth-order valence-corrected chi connectivity index (χ4v) is 2.12. The molecule has 4 heteroatoms. The zero-order valence-electron chi connectivity index (χ0n) is 11.0. The first kappa shape index (κ1) is 12.0. The van der Waals surface area contributed by atoms with E-state index in [1.54, 1.807) is 0 Å². The monoisotopic (exact) mass is 255 g/mol. The zero-order valence-corrected chi connectivity index (χ0v) is 11.0. The largest absolute Gasteiger partial charge is 0.465 e. The van der Waals surface area contributed by atoms with Gasteiger partial charge in [-0.1, -0.05) is 6.07 Å².